The van der Waals surface area contributed by atoms with Crippen LogP contribution in [0.4, 0.5) is 0 Å². The largest absolute Gasteiger partial charge is 0.458 e. The molecule has 0 radical (unpaired) electrons. The highest BCUT2D eigenvalue weighted by atomic mass is 16.5. The average molecular weight is 256 g/mol. The Morgan fingerprint density at radius 2 is 2.11 bits per heavy atom. The van der Waals surface area contributed by atoms with E-state index in [-0.39, 0.29) is 5.97 Å². The van der Waals surface area contributed by atoms with E-state index in [1.165, 1.54) is 11.1 Å². The van der Waals surface area contributed by atoms with Crippen molar-refractivity contribution >= 4 is 5.97 Å². The number of benzene rings is 1. The van der Waals surface area contributed by atoms with Gasteiger partial charge in [-0.25, -0.2) is 4.79 Å². The standard InChI is InChI=1S/C17H20O2/c1-13(2)15-10-8-14(9-11-15)12-19-17(18)16-6-4-3-5-7-16/h3-8,15H,1,9-12H2,2H3. The molecular weight excluding hydrogens is 236 g/mol. The molecule has 0 spiro atoms. The van der Waals surface area contributed by atoms with Gasteiger partial charge in [0.05, 0.1) is 5.56 Å². The fraction of sp³-hybridized carbons (Fsp3) is 0.353. The van der Waals surface area contributed by atoms with Crippen LogP contribution in [0, 0.1) is 5.92 Å². The molecule has 0 aliphatic heterocycles. The van der Waals surface area contributed by atoms with E-state index in [1.807, 2.05) is 18.2 Å². The van der Waals surface area contributed by atoms with E-state index in [0.717, 1.165) is 19.3 Å². The maximum absolute atomic E-state index is 11.8. The number of hydrogen-bond acceptors (Lipinski definition) is 2. The molecule has 2 nitrogen and oxygen atoms in total. The van der Waals surface area contributed by atoms with Gasteiger partial charge in [-0.2, -0.15) is 0 Å². The van der Waals surface area contributed by atoms with E-state index in [2.05, 4.69) is 19.6 Å². The summed E-state index contributed by atoms with van der Waals surface area (Å²) in [5, 5.41) is 0. The van der Waals surface area contributed by atoms with E-state index in [4.69, 9.17) is 4.74 Å². The topological polar surface area (TPSA) is 26.3 Å². The summed E-state index contributed by atoms with van der Waals surface area (Å²) in [5.41, 5.74) is 3.08. The van der Waals surface area contributed by atoms with Gasteiger partial charge in [0.1, 0.15) is 6.61 Å². The molecule has 0 bridgehead atoms. The molecule has 2 heteroatoms. The van der Waals surface area contributed by atoms with Crippen molar-refractivity contribution in [3.05, 3.63) is 59.7 Å². The molecule has 1 atom stereocenters. The minimum absolute atomic E-state index is 0.247. The summed E-state index contributed by atoms with van der Waals surface area (Å²) in [6.07, 6.45) is 5.33. The molecule has 0 saturated carbocycles. The molecule has 19 heavy (non-hydrogen) atoms. The van der Waals surface area contributed by atoms with Gasteiger partial charge < -0.3 is 4.74 Å². The molecular formula is C17H20O2. The number of carbonyl (C=O) groups is 1. The van der Waals surface area contributed by atoms with Gasteiger partial charge in [-0.3, -0.25) is 0 Å². The zero-order valence-corrected chi connectivity index (χ0v) is 11.4. The second kappa shape index (κ2) is 6.37. The van der Waals surface area contributed by atoms with Crippen LogP contribution in [0.3, 0.4) is 0 Å². The van der Waals surface area contributed by atoms with E-state index in [1.54, 1.807) is 12.1 Å². The lowest BCUT2D eigenvalue weighted by Crippen LogP contribution is -2.12. The highest BCUT2D eigenvalue weighted by Gasteiger charge is 2.16. The molecule has 0 aromatic heterocycles. The Kier molecular flexibility index (Phi) is 4.56. The molecule has 2 rings (SSSR count). The van der Waals surface area contributed by atoms with Crippen LogP contribution >= 0.6 is 0 Å². The van der Waals surface area contributed by atoms with Crippen molar-refractivity contribution in [2.24, 2.45) is 5.92 Å². The van der Waals surface area contributed by atoms with Crippen LogP contribution in [-0.2, 0) is 4.74 Å². The van der Waals surface area contributed by atoms with Gasteiger partial charge in [-0.1, -0.05) is 36.4 Å². The van der Waals surface area contributed by atoms with E-state index in [9.17, 15) is 4.79 Å². The molecule has 0 saturated heterocycles. The molecule has 0 fully saturated rings. The Balaban J connectivity index is 1.84. The molecule has 0 N–H and O–H groups in total. The molecule has 1 aliphatic carbocycles. The van der Waals surface area contributed by atoms with Crippen molar-refractivity contribution in [1.29, 1.82) is 0 Å². The van der Waals surface area contributed by atoms with Crippen LogP contribution in [0.2, 0.25) is 0 Å². The molecule has 0 heterocycles. The fourth-order valence-corrected chi connectivity index (χ4v) is 2.28. The maximum Gasteiger partial charge on any atom is 0.338 e. The van der Waals surface area contributed by atoms with Crippen LogP contribution < -0.4 is 0 Å². The van der Waals surface area contributed by atoms with Gasteiger partial charge in [-0.05, 0) is 49.8 Å². The molecule has 1 aromatic rings. The molecule has 1 aliphatic rings. The van der Waals surface area contributed by atoms with E-state index in [0.29, 0.717) is 18.1 Å². The lowest BCUT2D eigenvalue weighted by atomic mass is 9.86. The monoisotopic (exact) mass is 256 g/mol. The van der Waals surface area contributed by atoms with Gasteiger partial charge in [0.25, 0.3) is 0 Å². The smallest absolute Gasteiger partial charge is 0.338 e. The van der Waals surface area contributed by atoms with Crippen LogP contribution in [0.25, 0.3) is 0 Å². The number of hydrogen-bond donors (Lipinski definition) is 0. The second-order valence-electron chi connectivity index (χ2n) is 5.12. The summed E-state index contributed by atoms with van der Waals surface area (Å²) >= 11 is 0. The minimum Gasteiger partial charge on any atom is -0.458 e. The zero-order chi connectivity index (χ0) is 13.7. The first kappa shape index (κ1) is 13.6. The Bertz CT molecular complexity index is 485. The lowest BCUT2D eigenvalue weighted by Gasteiger charge is -2.21. The second-order valence-corrected chi connectivity index (χ2v) is 5.12. The fourth-order valence-electron chi connectivity index (χ4n) is 2.28. The number of ether oxygens (including phenoxy) is 1. The summed E-state index contributed by atoms with van der Waals surface area (Å²) in [7, 11) is 0. The first-order valence-corrected chi connectivity index (χ1v) is 6.72. The highest BCUT2D eigenvalue weighted by molar-refractivity contribution is 5.89. The van der Waals surface area contributed by atoms with Crippen LogP contribution in [0.5, 0.6) is 0 Å². The molecule has 1 aromatic carbocycles. The minimum atomic E-state index is -0.247. The third kappa shape index (κ3) is 3.82. The summed E-state index contributed by atoms with van der Waals surface area (Å²) < 4.78 is 5.33. The molecule has 0 amide bonds. The third-order valence-corrected chi connectivity index (χ3v) is 3.60. The first-order valence-electron chi connectivity index (χ1n) is 6.72. The van der Waals surface area contributed by atoms with Crippen molar-refractivity contribution in [2.75, 3.05) is 6.61 Å². The highest BCUT2D eigenvalue weighted by Crippen LogP contribution is 2.28. The van der Waals surface area contributed by atoms with Gasteiger partial charge in [0.15, 0.2) is 0 Å². The van der Waals surface area contributed by atoms with E-state index < -0.39 is 0 Å². The average Bonchev–Trinajstić information content (AvgIpc) is 2.46. The van der Waals surface area contributed by atoms with Crippen LogP contribution in [-0.4, -0.2) is 12.6 Å². The van der Waals surface area contributed by atoms with Crippen molar-refractivity contribution in [3.63, 3.8) is 0 Å². The number of rotatable bonds is 4. The summed E-state index contributed by atoms with van der Waals surface area (Å²) in [6, 6.07) is 9.11. The van der Waals surface area contributed by atoms with Gasteiger partial charge in [-0.15, -0.1) is 0 Å². The molecule has 1 unspecified atom stereocenters. The third-order valence-electron chi connectivity index (χ3n) is 3.60. The van der Waals surface area contributed by atoms with Crippen molar-refractivity contribution in [2.45, 2.75) is 26.2 Å². The lowest BCUT2D eigenvalue weighted by molar-refractivity contribution is 0.0535. The first-order chi connectivity index (χ1) is 9.16. The summed E-state index contributed by atoms with van der Waals surface area (Å²) in [6.45, 7) is 6.50. The Hall–Kier alpha value is -1.83. The van der Waals surface area contributed by atoms with Crippen LogP contribution in [0.15, 0.2) is 54.1 Å². The number of allylic oxidation sites excluding steroid dienone is 2. The Morgan fingerprint density at radius 3 is 2.68 bits per heavy atom. The zero-order valence-electron chi connectivity index (χ0n) is 11.4. The maximum atomic E-state index is 11.8. The Morgan fingerprint density at radius 1 is 1.37 bits per heavy atom. The quantitative estimate of drug-likeness (QED) is 0.597. The number of esters is 1. The molecule has 100 valence electrons. The normalized spacial score (nSPS) is 18.6. The SMILES string of the molecule is C=C(C)C1CC=C(COC(=O)c2ccccc2)CC1. The summed E-state index contributed by atoms with van der Waals surface area (Å²) in [5.74, 6) is 0.345. The number of carbonyl (C=O) groups excluding carboxylic acids is 1. The predicted molar refractivity (Wildman–Crippen MR) is 77.0 cm³/mol. The van der Waals surface area contributed by atoms with Gasteiger partial charge in [0.2, 0.25) is 0 Å². The van der Waals surface area contributed by atoms with Crippen molar-refractivity contribution in [3.8, 4) is 0 Å². The van der Waals surface area contributed by atoms with Gasteiger partial charge >= 0.3 is 5.97 Å². The summed E-state index contributed by atoms with van der Waals surface area (Å²) in [4.78, 5) is 11.8. The van der Waals surface area contributed by atoms with Gasteiger partial charge in [0, 0.05) is 0 Å². The predicted octanol–water partition coefficient (Wildman–Crippen LogP) is 4.15. The van der Waals surface area contributed by atoms with Crippen molar-refractivity contribution < 1.29 is 9.53 Å². The van der Waals surface area contributed by atoms with E-state index >= 15 is 0 Å². The van der Waals surface area contributed by atoms with Crippen molar-refractivity contribution in [1.82, 2.24) is 0 Å². The van der Waals surface area contributed by atoms with Crippen LogP contribution in [0.1, 0.15) is 36.5 Å². The Labute approximate surface area is 114 Å².